The van der Waals surface area contributed by atoms with E-state index in [1.807, 2.05) is 0 Å². The number of methoxy groups -OCH3 is 1. The molecule has 2 aromatic heterocycles. The van der Waals surface area contributed by atoms with Gasteiger partial charge in [-0.1, -0.05) is 0 Å². The second-order valence-corrected chi connectivity index (χ2v) is 12.3. The van der Waals surface area contributed by atoms with Gasteiger partial charge in [0.1, 0.15) is 34.2 Å². The number of benzene rings is 2. The minimum absolute atomic E-state index is 0.0376. The predicted molar refractivity (Wildman–Crippen MR) is 161 cm³/mol. The topological polar surface area (TPSA) is 137 Å². The van der Waals surface area contributed by atoms with Crippen molar-refractivity contribution in [3.05, 3.63) is 70.1 Å². The van der Waals surface area contributed by atoms with E-state index in [2.05, 4.69) is 10.3 Å². The number of halogens is 2. The Morgan fingerprint density at radius 1 is 1.18 bits per heavy atom. The number of ether oxygens (including phenoxy) is 2. The molecule has 4 N–H and O–H groups in total. The number of primary amides is 1. The molecule has 1 atom stereocenters. The first kappa shape index (κ1) is 29.9. The summed E-state index contributed by atoms with van der Waals surface area (Å²) in [6, 6.07) is 10.1. The first-order valence-corrected chi connectivity index (χ1v) is 15.3. The summed E-state index contributed by atoms with van der Waals surface area (Å²) in [4.78, 5) is 34.8. The molecule has 2 fully saturated rings. The maximum absolute atomic E-state index is 16.1. The molecule has 12 heteroatoms. The normalized spacial score (nSPS) is 16.8. The smallest absolute Gasteiger partial charge is 0.251 e. The fourth-order valence-electron chi connectivity index (χ4n) is 5.35. The van der Waals surface area contributed by atoms with Crippen LogP contribution in [0, 0.1) is 5.82 Å². The van der Waals surface area contributed by atoms with Crippen molar-refractivity contribution in [1.29, 1.82) is 0 Å². The van der Waals surface area contributed by atoms with Crippen molar-refractivity contribution >= 4 is 33.4 Å². The Kier molecular flexibility index (Phi) is 7.75. The van der Waals surface area contributed by atoms with Gasteiger partial charge in [-0.2, -0.15) is 0 Å². The largest absolute Gasteiger partial charge is 0.494 e. The third kappa shape index (κ3) is 5.59. The van der Waals surface area contributed by atoms with Crippen LogP contribution in [-0.2, 0) is 16.8 Å². The van der Waals surface area contributed by atoms with Crippen LogP contribution in [0.5, 0.6) is 11.5 Å². The summed E-state index contributed by atoms with van der Waals surface area (Å²) in [7, 11) is 1.51. The van der Waals surface area contributed by atoms with Crippen LogP contribution in [0.15, 0.2) is 42.5 Å². The Hall–Kier alpha value is -4.16. The first-order valence-electron chi connectivity index (χ1n) is 14.4. The zero-order valence-electron chi connectivity index (χ0n) is 24.3. The van der Waals surface area contributed by atoms with Crippen molar-refractivity contribution in [1.82, 2.24) is 15.3 Å². The number of nitrogens with two attached hydrogens (primary N) is 1. The minimum Gasteiger partial charge on any atom is -0.494 e. The van der Waals surface area contributed by atoms with E-state index in [-0.39, 0.29) is 54.1 Å². The van der Waals surface area contributed by atoms with Gasteiger partial charge < -0.3 is 25.6 Å². The van der Waals surface area contributed by atoms with Gasteiger partial charge in [0.05, 0.1) is 42.1 Å². The Bertz CT molecular complexity index is 1750. The van der Waals surface area contributed by atoms with Gasteiger partial charge >= 0.3 is 0 Å². The third-order valence-corrected chi connectivity index (χ3v) is 9.23. The van der Waals surface area contributed by atoms with E-state index in [1.54, 1.807) is 19.1 Å². The molecule has 2 aliphatic carbocycles. The van der Waals surface area contributed by atoms with E-state index >= 15 is 4.39 Å². The molecule has 44 heavy (non-hydrogen) atoms. The Morgan fingerprint density at radius 3 is 2.52 bits per heavy atom. The lowest BCUT2D eigenvalue weighted by Crippen LogP contribution is -2.49. The number of carbonyl (C=O) groups is 2. The Labute approximate surface area is 256 Å². The van der Waals surface area contributed by atoms with Gasteiger partial charge in [0.25, 0.3) is 5.91 Å². The molecule has 9 nitrogen and oxygen atoms in total. The van der Waals surface area contributed by atoms with Crippen LogP contribution in [0.3, 0.4) is 0 Å². The monoisotopic (exact) mass is 622 g/mol. The van der Waals surface area contributed by atoms with E-state index in [1.165, 1.54) is 48.8 Å². The number of nitrogens with one attached hydrogen (secondary N) is 1. The number of hydrogen-bond acceptors (Lipinski definition) is 8. The SMILES string of the molecule is CCOc1c(CC(N)=O)cc([C@@](O)(CNC(=O)c2cc(OC)c3nc(C4CC4)sc3c2)C2(F)CC2)nc1-c1ccc(F)cc1. The number of fused-ring (bicyclic) bond motifs is 1. The van der Waals surface area contributed by atoms with E-state index < -0.39 is 35.4 Å². The molecule has 230 valence electrons. The molecule has 0 aliphatic heterocycles. The number of rotatable bonds is 12. The minimum atomic E-state index is -2.27. The molecule has 2 aromatic carbocycles. The number of amides is 2. The molecule has 0 saturated heterocycles. The number of thiazole rings is 1. The fourth-order valence-corrected chi connectivity index (χ4v) is 6.54. The molecule has 2 saturated carbocycles. The summed E-state index contributed by atoms with van der Waals surface area (Å²) in [5.41, 5.74) is 2.90. The first-order chi connectivity index (χ1) is 21.0. The highest BCUT2D eigenvalue weighted by atomic mass is 32.1. The third-order valence-electron chi connectivity index (χ3n) is 8.06. The van der Waals surface area contributed by atoms with Crippen LogP contribution in [0.25, 0.3) is 21.5 Å². The van der Waals surface area contributed by atoms with Crippen molar-refractivity contribution < 1.29 is 33.0 Å². The fraction of sp³-hybridized carbons (Fsp3) is 0.375. The molecule has 4 aromatic rings. The molecule has 0 bridgehead atoms. The summed E-state index contributed by atoms with van der Waals surface area (Å²) in [6.45, 7) is 1.44. The second kappa shape index (κ2) is 11.4. The summed E-state index contributed by atoms with van der Waals surface area (Å²) in [5.74, 6) is -0.600. The number of aromatic nitrogens is 2. The highest BCUT2D eigenvalue weighted by molar-refractivity contribution is 7.18. The highest BCUT2D eigenvalue weighted by Crippen LogP contribution is 2.54. The maximum atomic E-state index is 16.1. The molecular formula is C32H32F2N4O5S. The number of nitrogens with zero attached hydrogens (tertiary/aromatic N) is 2. The molecule has 2 aliphatic rings. The molecule has 0 unspecified atom stereocenters. The quantitative estimate of drug-likeness (QED) is 0.204. The lowest BCUT2D eigenvalue weighted by molar-refractivity contribution is -0.117. The van der Waals surface area contributed by atoms with Crippen LogP contribution in [0.4, 0.5) is 8.78 Å². The van der Waals surface area contributed by atoms with Gasteiger partial charge in [-0.25, -0.2) is 18.7 Å². The van der Waals surface area contributed by atoms with Crippen molar-refractivity contribution in [2.45, 2.75) is 56.2 Å². The van der Waals surface area contributed by atoms with Gasteiger partial charge in [-0.3, -0.25) is 9.59 Å². The van der Waals surface area contributed by atoms with Crippen molar-refractivity contribution in [2.75, 3.05) is 20.3 Å². The van der Waals surface area contributed by atoms with E-state index in [9.17, 15) is 19.1 Å². The Balaban J connectivity index is 1.38. The summed E-state index contributed by atoms with van der Waals surface area (Å²) >= 11 is 1.51. The van der Waals surface area contributed by atoms with Gasteiger partial charge in [0.15, 0.2) is 5.60 Å². The molecule has 0 spiro atoms. The number of pyridine rings is 1. The molecule has 0 radical (unpaired) electrons. The number of alkyl halides is 1. The van der Waals surface area contributed by atoms with E-state index in [0.717, 1.165) is 22.5 Å². The molecule has 2 amide bonds. The predicted octanol–water partition coefficient (Wildman–Crippen LogP) is 4.93. The van der Waals surface area contributed by atoms with Gasteiger partial charge in [-0.15, -0.1) is 11.3 Å². The molecular weight excluding hydrogens is 590 g/mol. The summed E-state index contributed by atoms with van der Waals surface area (Å²) in [5, 5.41) is 15.7. The number of aliphatic hydroxyl groups is 1. The molecule has 6 rings (SSSR count). The average Bonchev–Trinajstić information content (AvgIpc) is 3.94. The number of hydrogen-bond donors (Lipinski definition) is 3. The van der Waals surface area contributed by atoms with Crippen molar-refractivity contribution in [3.63, 3.8) is 0 Å². The van der Waals surface area contributed by atoms with Crippen LogP contribution in [0.2, 0.25) is 0 Å². The van der Waals surface area contributed by atoms with Gasteiger partial charge in [0.2, 0.25) is 5.91 Å². The average molecular weight is 623 g/mol. The second-order valence-electron chi connectivity index (χ2n) is 11.3. The molecule has 2 heterocycles. The zero-order valence-corrected chi connectivity index (χ0v) is 25.1. The lowest BCUT2D eigenvalue weighted by Gasteiger charge is -2.32. The van der Waals surface area contributed by atoms with Crippen LogP contribution in [-0.4, -0.2) is 52.8 Å². The number of carbonyl (C=O) groups excluding carboxylic acids is 2. The summed E-state index contributed by atoms with van der Waals surface area (Å²) < 4.78 is 42.0. The Morgan fingerprint density at radius 2 is 1.91 bits per heavy atom. The zero-order chi connectivity index (χ0) is 31.2. The highest BCUT2D eigenvalue weighted by Gasteiger charge is 2.62. The van der Waals surface area contributed by atoms with Crippen LogP contribution >= 0.6 is 11.3 Å². The van der Waals surface area contributed by atoms with Gasteiger partial charge in [-0.05, 0) is 75.1 Å². The van der Waals surface area contributed by atoms with Crippen molar-refractivity contribution in [2.24, 2.45) is 5.73 Å². The summed E-state index contributed by atoms with van der Waals surface area (Å²) in [6.07, 6.45) is 1.97. The van der Waals surface area contributed by atoms with Crippen LogP contribution < -0.4 is 20.5 Å². The maximum Gasteiger partial charge on any atom is 0.251 e. The van der Waals surface area contributed by atoms with Gasteiger partial charge in [0, 0.05) is 22.6 Å². The van der Waals surface area contributed by atoms with Crippen LogP contribution in [0.1, 0.15) is 65.1 Å². The van der Waals surface area contributed by atoms with Crippen molar-refractivity contribution in [3.8, 4) is 22.8 Å². The van der Waals surface area contributed by atoms with E-state index in [0.29, 0.717) is 22.7 Å². The van der Waals surface area contributed by atoms with E-state index in [4.69, 9.17) is 20.2 Å². The lowest BCUT2D eigenvalue weighted by atomic mass is 9.88. The standard InChI is InChI=1S/C32H32F2N4O5S/c1-3-43-28-19(15-25(35)39)14-24(37-26(28)17-6-8-21(33)9-7-17)32(41,31(34)10-11-31)16-36-29(40)20-12-22(42-2)27-23(13-20)44-30(38-27)18-4-5-18/h6-9,12-14,18,41H,3-5,10-11,15-16H2,1-2H3,(H2,35,39)(H,36,40)/t32-/m0/s1.